The van der Waals surface area contributed by atoms with Gasteiger partial charge in [0.05, 0.1) is 12.8 Å². The second kappa shape index (κ2) is 5.16. The smallest absolute Gasteiger partial charge is 0.407 e. The summed E-state index contributed by atoms with van der Waals surface area (Å²) in [6, 6.07) is 9.75. The zero-order chi connectivity index (χ0) is 12.1. The Morgan fingerprint density at radius 3 is 2.71 bits per heavy atom. The van der Waals surface area contributed by atoms with Gasteiger partial charge in [0.15, 0.2) is 0 Å². The number of nitrogens with zero attached hydrogens (tertiary/aromatic N) is 1. The molecule has 2 aromatic rings. The van der Waals surface area contributed by atoms with Gasteiger partial charge in [-0.15, -0.1) is 0 Å². The molecule has 0 atom stereocenters. The van der Waals surface area contributed by atoms with Crippen molar-refractivity contribution < 1.29 is 9.53 Å². The molecular weight excluding hydrogens is 218 g/mol. The topological polar surface area (TPSA) is 67.0 Å². The minimum atomic E-state index is -0.428. The standard InChI is InChI=1S/C12H13N3O2/c1-17-12(16)13-8-9-2-4-10(5-3-9)11-6-7-14-15-11/h2-7H,8H2,1H3,(H,13,16)(H,14,15). The van der Waals surface area contributed by atoms with E-state index >= 15 is 0 Å². The number of benzene rings is 1. The molecule has 2 rings (SSSR count). The lowest BCUT2D eigenvalue weighted by Gasteiger charge is -2.04. The Labute approximate surface area is 98.8 Å². The maximum absolute atomic E-state index is 10.9. The number of hydrogen-bond donors (Lipinski definition) is 2. The fourth-order valence-corrected chi connectivity index (χ4v) is 1.47. The van der Waals surface area contributed by atoms with Gasteiger partial charge < -0.3 is 10.1 Å². The molecule has 5 nitrogen and oxygen atoms in total. The van der Waals surface area contributed by atoms with E-state index in [2.05, 4.69) is 20.3 Å². The number of nitrogens with one attached hydrogen (secondary N) is 2. The van der Waals surface area contributed by atoms with Gasteiger partial charge in [-0.1, -0.05) is 24.3 Å². The van der Waals surface area contributed by atoms with Crippen LogP contribution in [0.2, 0.25) is 0 Å². The molecule has 5 heteroatoms. The molecule has 1 heterocycles. The number of carbonyl (C=O) groups is 1. The van der Waals surface area contributed by atoms with Gasteiger partial charge in [-0.3, -0.25) is 5.10 Å². The van der Waals surface area contributed by atoms with Crippen LogP contribution in [0.1, 0.15) is 5.56 Å². The Bertz CT molecular complexity index is 477. The highest BCUT2D eigenvalue weighted by atomic mass is 16.5. The lowest BCUT2D eigenvalue weighted by molar-refractivity contribution is 0.170. The van der Waals surface area contributed by atoms with E-state index in [0.29, 0.717) is 6.54 Å². The number of H-pyrrole nitrogens is 1. The number of ether oxygens (including phenoxy) is 1. The molecule has 88 valence electrons. The van der Waals surface area contributed by atoms with Gasteiger partial charge in [0.25, 0.3) is 0 Å². The first-order chi connectivity index (χ1) is 8.29. The zero-order valence-corrected chi connectivity index (χ0v) is 9.43. The second-order valence-electron chi connectivity index (χ2n) is 3.51. The van der Waals surface area contributed by atoms with Crippen LogP contribution in [0.15, 0.2) is 36.5 Å². The van der Waals surface area contributed by atoms with E-state index in [0.717, 1.165) is 16.8 Å². The molecule has 1 aromatic heterocycles. The minimum Gasteiger partial charge on any atom is -0.453 e. The van der Waals surface area contributed by atoms with Gasteiger partial charge in [0.2, 0.25) is 0 Å². The molecule has 1 amide bonds. The third kappa shape index (κ3) is 2.84. The molecule has 0 bridgehead atoms. The van der Waals surface area contributed by atoms with Crippen molar-refractivity contribution in [1.82, 2.24) is 15.5 Å². The second-order valence-corrected chi connectivity index (χ2v) is 3.51. The first-order valence-electron chi connectivity index (χ1n) is 5.20. The Kier molecular flexibility index (Phi) is 3.40. The number of aromatic amines is 1. The van der Waals surface area contributed by atoms with E-state index in [9.17, 15) is 4.79 Å². The summed E-state index contributed by atoms with van der Waals surface area (Å²) in [7, 11) is 1.34. The predicted molar refractivity (Wildman–Crippen MR) is 63.3 cm³/mol. The lowest BCUT2D eigenvalue weighted by Crippen LogP contribution is -2.22. The van der Waals surface area contributed by atoms with Gasteiger partial charge in [0, 0.05) is 12.7 Å². The van der Waals surface area contributed by atoms with Crippen molar-refractivity contribution in [2.45, 2.75) is 6.54 Å². The number of rotatable bonds is 3. The fraction of sp³-hybridized carbons (Fsp3) is 0.167. The van der Waals surface area contributed by atoms with Crippen molar-refractivity contribution in [3.05, 3.63) is 42.1 Å². The van der Waals surface area contributed by atoms with Gasteiger partial charge in [-0.05, 0) is 17.2 Å². The van der Waals surface area contributed by atoms with Gasteiger partial charge in [-0.25, -0.2) is 4.79 Å². The molecule has 17 heavy (non-hydrogen) atoms. The monoisotopic (exact) mass is 231 g/mol. The number of aromatic nitrogens is 2. The fourth-order valence-electron chi connectivity index (χ4n) is 1.47. The maximum Gasteiger partial charge on any atom is 0.407 e. The van der Waals surface area contributed by atoms with E-state index in [-0.39, 0.29) is 0 Å². The Hall–Kier alpha value is -2.30. The van der Waals surface area contributed by atoms with Gasteiger partial charge in [-0.2, -0.15) is 5.10 Å². The van der Waals surface area contributed by atoms with E-state index in [4.69, 9.17) is 0 Å². The molecule has 0 spiro atoms. The van der Waals surface area contributed by atoms with E-state index < -0.39 is 6.09 Å². The Morgan fingerprint density at radius 1 is 1.35 bits per heavy atom. The number of amides is 1. The first kappa shape index (κ1) is 11.2. The van der Waals surface area contributed by atoms with Gasteiger partial charge >= 0.3 is 6.09 Å². The summed E-state index contributed by atoms with van der Waals surface area (Å²) in [5.41, 5.74) is 3.04. The third-order valence-corrected chi connectivity index (χ3v) is 2.39. The molecule has 0 saturated heterocycles. The number of alkyl carbamates (subject to hydrolysis) is 1. The molecule has 0 aliphatic rings. The van der Waals surface area contributed by atoms with Crippen LogP contribution in [-0.2, 0) is 11.3 Å². The number of hydrogen-bond acceptors (Lipinski definition) is 3. The highest BCUT2D eigenvalue weighted by molar-refractivity contribution is 5.67. The van der Waals surface area contributed by atoms with Crippen LogP contribution < -0.4 is 5.32 Å². The quantitative estimate of drug-likeness (QED) is 0.848. The van der Waals surface area contributed by atoms with Crippen LogP contribution in [0.5, 0.6) is 0 Å². The Morgan fingerprint density at radius 2 is 2.12 bits per heavy atom. The Balaban J connectivity index is 2.01. The van der Waals surface area contributed by atoms with Crippen LogP contribution >= 0.6 is 0 Å². The predicted octanol–water partition coefficient (Wildman–Crippen LogP) is 1.93. The molecule has 0 saturated carbocycles. The summed E-state index contributed by atoms with van der Waals surface area (Å²) < 4.78 is 4.49. The van der Waals surface area contributed by atoms with Crippen molar-refractivity contribution in [1.29, 1.82) is 0 Å². The van der Waals surface area contributed by atoms with Crippen LogP contribution in [0.3, 0.4) is 0 Å². The average Bonchev–Trinajstić information content (AvgIpc) is 2.90. The third-order valence-electron chi connectivity index (χ3n) is 2.39. The van der Waals surface area contributed by atoms with Crippen LogP contribution in [0.25, 0.3) is 11.3 Å². The van der Waals surface area contributed by atoms with Crippen molar-refractivity contribution in [3.8, 4) is 11.3 Å². The van der Waals surface area contributed by atoms with E-state index in [1.165, 1.54) is 7.11 Å². The molecule has 2 N–H and O–H groups in total. The summed E-state index contributed by atoms with van der Waals surface area (Å²) in [5.74, 6) is 0. The summed E-state index contributed by atoms with van der Waals surface area (Å²) in [6.07, 6.45) is 1.28. The molecular formula is C12H13N3O2. The van der Waals surface area contributed by atoms with Crippen molar-refractivity contribution >= 4 is 6.09 Å². The lowest BCUT2D eigenvalue weighted by atomic mass is 10.1. The molecule has 0 radical (unpaired) electrons. The van der Waals surface area contributed by atoms with Crippen molar-refractivity contribution in [3.63, 3.8) is 0 Å². The zero-order valence-electron chi connectivity index (χ0n) is 9.43. The molecule has 0 aliphatic carbocycles. The molecule has 0 aliphatic heterocycles. The maximum atomic E-state index is 10.9. The highest BCUT2D eigenvalue weighted by Crippen LogP contribution is 2.16. The number of methoxy groups -OCH3 is 1. The summed E-state index contributed by atoms with van der Waals surface area (Å²) in [5, 5.41) is 9.41. The van der Waals surface area contributed by atoms with Crippen LogP contribution in [0.4, 0.5) is 4.79 Å². The summed E-state index contributed by atoms with van der Waals surface area (Å²) in [6.45, 7) is 0.454. The van der Waals surface area contributed by atoms with Crippen LogP contribution in [-0.4, -0.2) is 23.4 Å². The largest absolute Gasteiger partial charge is 0.453 e. The highest BCUT2D eigenvalue weighted by Gasteiger charge is 2.01. The SMILES string of the molecule is COC(=O)NCc1ccc(-c2ccn[nH]2)cc1. The summed E-state index contributed by atoms with van der Waals surface area (Å²) in [4.78, 5) is 10.9. The van der Waals surface area contributed by atoms with Gasteiger partial charge in [0.1, 0.15) is 0 Å². The summed E-state index contributed by atoms with van der Waals surface area (Å²) >= 11 is 0. The van der Waals surface area contributed by atoms with Crippen LogP contribution in [0, 0.1) is 0 Å². The molecule has 0 unspecified atom stereocenters. The number of carbonyl (C=O) groups excluding carboxylic acids is 1. The molecule has 0 fully saturated rings. The molecule has 1 aromatic carbocycles. The minimum absolute atomic E-state index is 0.428. The van der Waals surface area contributed by atoms with E-state index in [1.54, 1.807) is 6.20 Å². The average molecular weight is 231 g/mol. The van der Waals surface area contributed by atoms with Crippen molar-refractivity contribution in [2.24, 2.45) is 0 Å². The van der Waals surface area contributed by atoms with Crippen molar-refractivity contribution in [2.75, 3.05) is 7.11 Å². The van der Waals surface area contributed by atoms with E-state index in [1.807, 2.05) is 30.3 Å². The first-order valence-corrected chi connectivity index (χ1v) is 5.20. The normalized spacial score (nSPS) is 9.94.